The van der Waals surface area contributed by atoms with Gasteiger partial charge in [0.05, 0.1) is 40.8 Å². The average Bonchev–Trinajstić information content (AvgIpc) is 3.74. The Balaban J connectivity index is 0.00000126. The van der Waals surface area contributed by atoms with E-state index in [-0.39, 0.29) is 11.4 Å². The molecule has 4 aliphatic heterocycles. The van der Waals surface area contributed by atoms with Gasteiger partial charge in [-0.3, -0.25) is 19.7 Å². The molecule has 258 valence electrons. The molecule has 11 nitrogen and oxygen atoms in total. The van der Waals surface area contributed by atoms with E-state index in [0.717, 1.165) is 59.0 Å². The molecule has 1 amide bonds. The van der Waals surface area contributed by atoms with Crippen molar-refractivity contribution in [3.63, 3.8) is 0 Å². The van der Waals surface area contributed by atoms with E-state index in [1.165, 1.54) is 38.2 Å². The average molecular weight is 692 g/mol. The van der Waals surface area contributed by atoms with Gasteiger partial charge in [0, 0.05) is 74.8 Å². The van der Waals surface area contributed by atoms with Crippen LogP contribution >= 0.6 is 11.6 Å². The molecule has 50 heavy (non-hydrogen) atoms. The van der Waals surface area contributed by atoms with Gasteiger partial charge in [0.15, 0.2) is 0 Å². The molecular formula is C38H42ClN9O2. The Labute approximate surface area is 298 Å². The number of carbonyl (C=O) groups excluding carboxylic acids is 1. The van der Waals surface area contributed by atoms with Gasteiger partial charge < -0.3 is 19.4 Å². The van der Waals surface area contributed by atoms with Crippen LogP contribution in [0.1, 0.15) is 49.6 Å². The van der Waals surface area contributed by atoms with Crippen molar-refractivity contribution < 1.29 is 9.53 Å². The minimum atomic E-state index is -0.0228. The predicted octanol–water partition coefficient (Wildman–Crippen LogP) is 5.53. The molecule has 0 unspecified atom stereocenters. The van der Waals surface area contributed by atoms with E-state index >= 15 is 0 Å². The van der Waals surface area contributed by atoms with Crippen LogP contribution in [0.2, 0.25) is 5.02 Å². The van der Waals surface area contributed by atoms with E-state index in [0.29, 0.717) is 51.0 Å². The van der Waals surface area contributed by atoms with Crippen molar-refractivity contribution in [1.29, 1.82) is 5.26 Å². The fraction of sp³-hybridized carbons (Fsp3) is 0.421. The van der Waals surface area contributed by atoms with E-state index < -0.39 is 0 Å². The fourth-order valence-corrected chi connectivity index (χ4v) is 8.20. The van der Waals surface area contributed by atoms with Crippen molar-refractivity contribution in [3.05, 3.63) is 83.0 Å². The molecule has 12 heteroatoms. The summed E-state index contributed by atoms with van der Waals surface area (Å²) in [4.78, 5) is 40.6. The Morgan fingerprint density at radius 1 is 1.00 bits per heavy atom. The minimum absolute atomic E-state index is 0.0228. The lowest BCUT2D eigenvalue weighted by molar-refractivity contribution is -0.126. The van der Waals surface area contributed by atoms with Crippen LogP contribution in [0, 0.1) is 11.3 Å². The highest BCUT2D eigenvalue weighted by Crippen LogP contribution is 2.40. The summed E-state index contributed by atoms with van der Waals surface area (Å²) in [6.45, 7) is 8.43. The molecule has 3 fully saturated rings. The smallest absolute Gasteiger partial charge is 0.318 e. The summed E-state index contributed by atoms with van der Waals surface area (Å²) in [5.74, 6) is 0.917. The quantitative estimate of drug-likeness (QED) is 0.229. The maximum Gasteiger partial charge on any atom is 0.318 e. The molecular weight excluding hydrogens is 650 g/mol. The van der Waals surface area contributed by atoms with Crippen LogP contribution in [0.15, 0.2) is 61.1 Å². The van der Waals surface area contributed by atoms with E-state index in [1.807, 2.05) is 17.0 Å². The van der Waals surface area contributed by atoms with E-state index in [4.69, 9.17) is 31.6 Å². The topological polar surface area (TPSA) is 115 Å². The highest BCUT2D eigenvalue weighted by molar-refractivity contribution is 6.36. The second-order valence-corrected chi connectivity index (χ2v) is 13.7. The summed E-state index contributed by atoms with van der Waals surface area (Å²) in [6.07, 6.45) is 13.8. The Morgan fingerprint density at radius 3 is 2.50 bits per heavy atom. The summed E-state index contributed by atoms with van der Waals surface area (Å²) in [5.41, 5.74) is 4.06. The number of halogens is 1. The summed E-state index contributed by atoms with van der Waals surface area (Å²) in [6, 6.07) is 14.6. The molecule has 0 radical (unpaired) electrons. The van der Waals surface area contributed by atoms with Gasteiger partial charge in [-0.1, -0.05) is 35.9 Å². The molecule has 4 aromatic rings. The zero-order chi connectivity index (χ0) is 34.5. The molecule has 0 spiro atoms. The fourth-order valence-electron chi connectivity index (χ4n) is 7.92. The maximum atomic E-state index is 13.0. The van der Waals surface area contributed by atoms with Crippen LogP contribution in [0.25, 0.3) is 16.8 Å². The summed E-state index contributed by atoms with van der Waals surface area (Å²) < 4.78 is 6.54. The van der Waals surface area contributed by atoms with Crippen LogP contribution in [-0.4, -0.2) is 93.6 Å². The van der Waals surface area contributed by atoms with Crippen LogP contribution < -0.4 is 14.5 Å². The largest absolute Gasteiger partial charge is 0.461 e. The zero-order valence-corrected chi connectivity index (χ0v) is 29.2. The van der Waals surface area contributed by atoms with E-state index in [2.05, 4.69) is 48.9 Å². The molecule has 0 bridgehead atoms. The number of hydrogen-bond donors (Lipinski definition) is 0. The second-order valence-electron chi connectivity index (χ2n) is 13.2. The molecule has 0 saturated carbocycles. The van der Waals surface area contributed by atoms with Crippen LogP contribution in [0.3, 0.4) is 0 Å². The Kier molecular flexibility index (Phi) is 10.1. The first kappa shape index (κ1) is 33.7. The van der Waals surface area contributed by atoms with Crippen molar-refractivity contribution in [3.8, 4) is 12.1 Å². The number of amides is 1. The van der Waals surface area contributed by atoms with Gasteiger partial charge in [0.2, 0.25) is 5.91 Å². The van der Waals surface area contributed by atoms with Crippen molar-refractivity contribution in [2.45, 2.75) is 51.1 Å². The molecule has 2 aromatic carbocycles. The summed E-state index contributed by atoms with van der Waals surface area (Å²) >= 11 is 6.74. The van der Waals surface area contributed by atoms with Gasteiger partial charge in [0.1, 0.15) is 12.4 Å². The number of anilines is 2. The molecule has 0 atom stereocenters. The minimum Gasteiger partial charge on any atom is -0.461 e. The van der Waals surface area contributed by atoms with E-state index in [9.17, 15) is 4.79 Å². The van der Waals surface area contributed by atoms with Gasteiger partial charge in [0.25, 0.3) is 0 Å². The number of fused-ring (bicyclic) bond motifs is 3. The van der Waals surface area contributed by atoms with Crippen molar-refractivity contribution in [1.82, 2.24) is 29.7 Å². The van der Waals surface area contributed by atoms with Crippen LogP contribution in [-0.2, 0) is 17.8 Å². The molecule has 6 heterocycles. The molecule has 0 N–H and O–H groups in total. The Hall–Kier alpha value is -4.79. The lowest BCUT2D eigenvalue weighted by Gasteiger charge is -2.38. The zero-order valence-electron chi connectivity index (χ0n) is 28.5. The number of piperazine rings is 1. The number of nitriles is 1. The third-order valence-corrected chi connectivity index (χ3v) is 10.7. The number of rotatable bonds is 7. The Bertz CT molecular complexity index is 1890. The molecule has 3 saturated heterocycles. The maximum absolute atomic E-state index is 13.0. The number of hydrogen-bond acceptors (Lipinski definition) is 10. The van der Waals surface area contributed by atoms with Gasteiger partial charge in [-0.2, -0.15) is 15.2 Å². The first-order chi connectivity index (χ1) is 24.5. The molecule has 8 rings (SSSR count). The second kappa shape index (κ2) is 15.0. The Morgan fingerprint density at radius 2 is 1.76 bits per heavy atom. The number of carbonyl (C=O) groups is 1. The van der Waals surface area contributed by atoms with Crippen LogP contribution in [0.4, 0.5) is 11.5 Å². The lowest BCUT2D eigenvalue weighted by Crippen LogP contribution is -2.49. The van der Waals surface area contributed by atoms with Crippen molar-refractivity contribution >= 4 is 45.9 Å². The van der Waals surface area contributed by atoms with Crippen LogP contribution in [0.5, 0.6) is 6.01 Å². The van der Waals surface area contributed by atoms with Gasteiger partial charge in [-0.05, 0) is 68.8 Å². The van der Waals surface area contributed by atoms with E-state index in [1.54, 1.807) is 36.8 Å². The highest BCUT2D eigenvalue weighted by Gasteiger charge is 2.45. The summed E-state index contributed by atoms with van der Waals surface area (Å²) in [7, 11) is 0. The molecule has 2 aromatic heterocycles. The normalized spacial score (nSPS) is 18.4. The third kappa shape index (κ3) is 6.96. The van der Waals surface area contributed by atoms with Gasteiger partial charge in [-0.15, -0.1) is 0 Å². The van der Waals surface area contributed by atoms with Crippen molar-refractivity contribution in [2.75, 3.05) is 62.2 Å². The number of ether oxygens (including phenoxy) is 1. The predicted molar refractivity (Wildman–Crippen MR) is 195 cm³/mol. The van der Waals surface area contributed by atoms with Gasteiger partial charge >= 0.3 is 6.01 Å². The monoisotopic (exact) mass is 691 g/mol. The molecule has 4 aliphatic rings. The molecule has 0 aliphatic carbocycles. The lowest BCUT2D eigenvalue weighted by atomic mass is 9.95. The highest BCUT2D eigenvalue weighted by atomic mass is 35.5. The first-order valence-electron chi connectivity index (χ1n) is 17.5. The first-order valence-corrected chi connectivity index (χ1v) is 17.8. The standard InChI is InChI=1S/C36H39ClN8O2.C2H3N/c37-29-7-1-5-26-6-2-8-31(33(26)29)44-18-11-28-30(24-44)40-35(47-25-36-12-3-16-45(36)17-4-13-36)41-34(28)43-21-19-42(20-22-43)32(46)10-9-27-23-38-14-15-39-27;1-2-3/h1-2,5-10,14-15,23H,3-4,11-13,16-22,24-25H2;1H3/b10-9+;. The number of nitrogens with zero attached hydrogens (tertiary/aromatic N) is 9. The summed E-state index contributed by atoms with van der Waals surface area (Å²) in [5, 5.41) is 10.3. The SMILES string of the molecule is CC#N.O=C(/C=C/c1cnccn1)N1CCN(c2nc(OCC34CCCN3CCC4)nc3c2CCN(c2cccc4cccc(Cl)c24)C3)CC1. The van der Waals surface area contributed by atoms with Crippen molar-refractivity contribution in [2.24, 2.45) is 0 Å². The number of aromatic nitrogens is 4. The number of benzene rings is 2. The third-order valence-electron chi connectivity index (χ3n) is 10.3. The van der Waals surface area contributed by atoms with Gasteiger partial charge in [-0.25, -0.2) is 0 Å².